The number of hydrogen-bond donors (Lipinski definition) is 2. The minimum atomic E-state index is -4.10. The normalized spacial score (nSPS) is 25.9. The van der Waals surface area contributed by atoms with Crippen LogP contribution < -0.4 is 11.1 Å². The molecule has 3 nitrogen and oxygen atoms in total. The van der Waals surface area contributed by atoms with E-state index < -0.39 is 17.6 Å². The largest absolute Gasteiger partial charge is 0.391 e. The second-order valence-electron chi connectivity index (χ2n) is 5.82. The molecule has 0 atom stereocenters. The van der Waals surface area contributed by atoms with Gasteiger partial charge in [0, 0.05) is 18.0 Å². The molecule has 0 aromatic rings. The molecular weight excluding hydrogens is 245 g/mol. The molecule has 0 saturated heterocycles. The van der Waals surface area contributed by atoms with Crippen molar-refractivity contribution in [1.82, 2.24) is 5.32 Å². The van der Waals surface area contributed by atoms with Crippen LogP contribution in [0.2, 0.25) is 0 Å². The molecule has 106 valence electrons. The third-order valence-electron chi connectivity index (χ3n) is 3.17. The molecule has 0 bridgehead atoms. The Morgan fingerprint density at radius 2 is 1.72 bits per heavy atom. The predicted octanol–water partition coefficient (Wildman–Crippen LogP) is 2.35. The highest BCUT2D eigenvalue weighted by Gasteiger charge is 2.41. The van der Waals surface area contributed by atoms with Crippen molar-refractivity contribution in [2.24, 2.45) is 11.7 Å². The van der Waals surface area contributed by atoms with Gasteiger partial charge >= 0.3 is 6.18 Å². The van der Waals surface area contributed by atoms with Gasteiger partial charge < -0.3 is 11.1 Å². The Balaban J connectivity index is 2.34. The number of hydrogen-bond acceptors (Lipinski definition) is 2. The van der Waals surface area contributed by atoms with E-state index in [1.807, 2.05) is 0 Å². The Hall–Kier alpha value is -0.780. The lowest BCUT2D eigenvalue weighted by Crippen LogP contribution is -2.44. The summed E-state index contributed by atoms with van der Waals surface area (Å²) in [7, 11) is 0. The van der Waals surface area contributed by atoms with Crippen LogP contribution in [0.1, 0.15) is 46.0 Å². The highest BCUT2D eigenvalue weighted by molar-refractivity contribution is 5.77. The molecule has 0 unspecified atom stereocenters. The molecule has 0 aliphatic heterocycles. The van der Waals surface area contributed by atoms with E-state index in [1.165, 1.54) is 0 Å². The van der Waals surface area contributed by atoms with E-state index in [2.05, 4.69) is 5.32 Å². The first-order valence-corrected chi connectivity index (χ1v) is 6.23. The molecular formula is C12H21F3N2O. The van der Waals surface area contributed by atoms with Gasteiger partial charge in [0.05, 0.1) is 5.92 Å². The number of rotatable bonds is 3. The van der Waals surface area contributed by atoms with Gasteiger partial charge in [0.15, 0.2) is 0 Å². The van der Waals surface area contributed by atoms with Crippen LogP contribution in [0.4, 0.5) is 13.2 Å². The summed E-state index contributed by atoms with van der Waals surface area (Å²) in [6.45, 7) is 3.49. The lowest BCUT2D eigenvalue weighted by molar-refractivity contribution is -0.182. The predicted molar refractivity (Wildman–Crippen MR) is 62.8 cm³/mol. The standard InChI is InChI=1S/C12H21F3N2O/c1-11(2,16)7-10(18)17-9-5-3-8(4-6-9)12(13,14)15/h8-9H,3-7,16H2,1-2H3,(H,17,18). The van der Waals surface area contributed by atoms with Gasteiger partial charge in [-0.2, -0.15) is 13.2 Å². The molecule has 0 aromatic carbocycles. The SMILES string of the molecule is CC(C)(N)CC(=O)NC1CCC(C(F)(F)F)CC1. The molecule has 0 spiro atoms. The first kappa shape index (κ1) is 15.3. The molecule has 0 radical (unpaired) electrons. The summed E-state index contributed by atoms with van der Waals surface area (Å²) in [5.41, 5.74) is 5.12. The molecule has 0 aromatic heterocycles. The van der Waals surface area contributed by atoms with Crippen LogP contribution in [0.5, 0.6) is 0 Å². The van der Waals surface area contributed by atoms with E-state index in [9.17, 15) is 18.0 Å². The fourth-order valence-corrected chi connectivity index (χ4v) is 2.26. The fourth-order valence-electron chi connectivity index (χ4n) is 2.26. The molecule has 0 heterocycles. The molecule has 6 heteroatoms. The second kappa shape index (κ2) is 5.47. The second-order valence-corrected chi connectivity index (χ2v) is 5.82. The minimum absolute atomic E-state index is 0.0977. The van der Waals surface area contributed by atoms with Crippen molar-refractivity contribution in [1.29, 1.82) is 0 Å². The number of alkyl halides is 3. The summed E-state index contributed by atoms with van der Waals surface area (Å²) < 4.78 is 37.3. The van der Waals surface area contributed by atoms with Crippen molar-refractivity contribution in [2.75, 3.05) is 0 Å². The molecule has 1 saturated carbocycles. The zero-order chi connectivity index (χ0) is 14.0. The zero-order valence-corrected chi connectivity index (χ0v) is 10.8. The van der Waals surface area contributed by atoms with E-state index in [1.54, 1.807) is 13.8 Å². The Morgan fingerprint density at radius 3 is 2.11 bits per heavy atom. The average molecular weight is 266 g/mol. The van der Waals surface area contributed by atoms with Gasteiger partial charge in [-0.15, -0.1) is 0 Å². The first-order chi connectivity index (χ1) is 8.08. The van der Waals surface area contributed by atoms with E-state index in [0.717, 1.165) is 0 Å². The van der Waals surface area contributed by atoms with Crippen molar-refractivity contribution < 1.29 is 18.0 Å². The van der Waals surface area contributed by atoms with E-state index in [0.29, 0.717) is 12.8 Å². The van der Waals surface area contributed by atoms with Gasteiger partial charge in [-0.3, -0.25) is 4.79 Å². The highest BCUT2D eigenvalue weighted by atomic mass is 19.4. The molecule has 1 aliphatic carbocycles. The Bertz CT molecular complexity index is 289. The minimum Gasteiger partial charge on any atom is -0.353 e. The number of halogens is 3. The van der Waals surface area contributed by atoms with Crippen molar-refractivity contribution >= 4 is 5.91 Å². The van der Waals surface area contributed by atoms with Crippen LogP contribution >= 0.6 is 0 Å². The Kier molecular flexibility index (Phi) is 4.64. The highest BCUT2D eigenvalue weighted by Crippen LogP contribution is 2.37. The van der Waals surface area contributed by atoms with Crippen LogP contribution in [0.3, 0.4) is 0 Å². The maximum absolute atomic E-state index is 12.4. The lowest BCUT2D eigenvalue weighted by Gasteiger charge is -2.31. The average Bonchev–Trinajstić information content (AvgIpc) is 2.13. The third kappa shape index (κ3) is 5.25. The molecule has 18 heavy (non-hydrogen) atoms. The number of amides is 1. The first-order valence-electron chi connectivity index (χ1n) is 6.23. The maximum Gasteiger partial charge on any atom is 0.391 e. The number of carbonyl (C=O) groups is 1. The van der Waals surface area contributed by atoms with E-state index in [-0.39, 0.29) is 31.2 Å². The zero-order valence-electron chi connectivity index (χ0n) is 10.8. The van der Waals surface area contributed by atoms with Crippen molar-refractivity contribution in [2.45, 2.75) is 63.7 Å². The summed E-state index contributed by atoms with van der Waals surface area (Å²) in [5, 5.41) is 2.76. The number of carbonyl (C=O) groups excluding carboxylic acids is 1. The number of nitrogens with two attached hydrogens (primary N) is 1. The van der Waals surface area contributed by atoms with Gasteiger partial charge in [-0.1, -0.05) is 0 Å². The third-order valence-corrected chi connectivity index (χ3v) is 3.17. The summed E-state index contributed by atoms with van der Waals surface area (Å²) in [5.74, 6) is -1.39. The molecule has 1 aliphatic rings. The molecule has 1 fully saturated rings. The molecule has 1 amide bonds. The van der Waals surface area contributed by atoms with Crippen LogP contribution in [0.15, 0.2) is 0 Å². The van der Waals surface area contributed by atoms with Crippen molar-refractivity contribution in [3.05, 3.63) is 0 Å². The topological polar surface area (TPSA) is 55.1 Å². The lowest BCUT2D eigenvalue weighted by atomic mass is 9.85. The quantitative estimate of drug-likeness (QED) is 0.824. The fraction of sp³-hybridized carbons (Fsp3) is 0.917. The Labute approximate surface area is 105 Å². The van der Waals surface area contributed by atoms with Crippen LogP contribution in [0, 0.1) is 5.92 Å². The van der Waals surface area contributed by atoms with Crippen molar-refractivity contribution in [3.8, 4) is 0 Å². The number of nitrogens with one attached hydrogen (secondary N) is 1. The van der Waals surface area contributed by atoms with E-state index in [4.69, 9.17) is 5.73 Å². The van der Waals surface area contributed by atoms with E-state index >= 15 is 0 Å². The van der Waals surface area contributed by atoms with Gasteiger partial charge in [0.2, 0.25) is 5.91 Å². The summed E-state index contributed by atoms with van der Waals surface area (Å²) >= 11 is 0. The molecule has 3 N–H and O–H groups in total. The van der Waals surface area contributed by atoms with Gasteiger partial charge in [0.1, 0.15) is 0 Å². The van der Waals surface area contributed by atoms with Crippen LogP contribution in [-0.4, -0.2) is 23.7 Å². The Morgan fingerprint density at radius 1 is 1.22 bits per heavy atom. The summed E-state index contributed by atoms with van der Waals surface area (Å²) in [6.07, 6.45) is -2.94. The summed E-state index contributed by atoms with van der Waals surface area (Å²) in [6, 6.07) is -0.140. The van der Waals surface area contributed by atoms with Gasteiger partial charge in [-0.25, -0.2) is 0 Å². The molecule has 1 rings (SSSR count). The maximum atomic E-state index is 12.4. The summed E-state index contributed by atoms with van der Waals surface area (Å²) in [4.78, 5) is 11.6. The van der Waals surface area contributed by atoms with Gasteiger partial charge in [0.25, 0.3) is 0 Å². The smallest absolute Gasteiger partial charge is 0.353 e. The monoisotopic (exact) mass is 266 g/mol. The van der Waals surface area contributed by atoms with Crippen LogP contribution in [-0.2, 0) is 4.79 Å². The van der Waals surface area contributed by atoms with Crippen LogP contribution in [0.25, 0.3) is 0 Å². The van der Waals surface area contributed by atoms with Gasteiger partial charge in [-0.05, 0) is 39.5 Å². The van der Waals surface area contributed by atoms with Crippen molar-refractivity contribution in [3.63, 3.8) is 0 Å².